The van der Waals surface area contributed by atoms with E-state index in [1.54, 1.807) is 36.4 Å². The number of nitrogens with one attached hydrogen (secondary N) is 1. The highest BCUT2D eigenvalue weighted by Crippen LogP contribution is 2.31. The lowest BCUT2D eigenvalue weighted by Gasteiger charge is -2.24. The lowest BCUT2D eigenvalue weighted by molar-refractivity contribution is -0.0161. The summed E-state index contributed by atoms with van der Waals surface area (Å²) < 4.78 is 31.7. The molecule has 0 bridgehead atoms. The number of rotatable bonds is 5. The van der Waals surface area contributed by atoms with E-state index in [2.05, 4.69) is 9.97 Å². The van der Waals surface area contributed by atoms with Gasteiger partial charge in [-0.2, -0.15) is 0 Å². The molecule has 2 N–H and O–H groups in total. The zero-order valence-electron chi connectivity index (χ0n) is 14.8. The predicted molar refractivity (Wildman–Crippen MR) is 101 cm³/mol. The van der Waals surface area contributed by atoms with E-state index in [4.69, 9.17) is 4.74 Å². The predicted octanol–water partition coefficient (Wildman–Crippen LogP) is 3.39. The molecule has 1 fully saturated rings. The Morgan fingerprint density at radius 3 is 2.78 bits per heavy atom. The van der Waals surface area contributed by atoms with Crippen LogP contribution in [0.15, 0.2) is 58.5 Å². The maximum absolute atomic E-state index is 13.0. The molecular formula is C20H22N2O4S. The molecule has 1 aliphatic rings. The second-order valence-electron chi connectivity index (χ2n) is 6.85. The number of hydrogen-bond donors (Lipinski definition) is 2. The number of H-pyrrole nitrogens is 1. The first-order valence-corrected chi connectivity index (χ1v) is 10.6. The van der Waals surface area contributed by atoms with E-state index in [0.29, 0.717) is 23.1 Å². The number of hydrogen-bond acceptors (Lipinski definition) is 5. The van der Waals surface area contributed by atoms with Gasteiger partial charge in [0.2, 0.25) is 9.84 Å². The van der Waals surface area contributed by atoms with Crippen molar-refractivity contribution in [1.29, 1.82) is 0 Å². The normalized spacial score (nSPS) is 19.2. The third-order valence-corrected chi connectivity index (χ3v) is 6.80. The van der Waals surface area contributed by atoms with Gasteiger partial charge in [0, 0.05) is 30.3 Å². The van der Waals surface area contributed by atoms with Crippen molar-refractivity contribution >= 4 is 20.9 Å². The Kier molecular flexibility index (Phi) is 4.99. The average Bonchev–Trinajstić information content (AvgIpc) is 3.14. The number of aliphatic hydroxyl groups is 1. The molecule has 1 aromatic carbocycles. The van der Waals surface area contributed by atoms with Crippen LogP contribution < -0.4 is 0 Å². The molecule has 0 radical (unpaired) electrons. The van der Waals surface area contributed by atoms with Crippen LogP contribution in [0.25, 0.3) is 11.0 Å². The Hall–Kier alpha value is -2.22. The van der Waals surface area contributed by atoms with Gasteiger partial charge in [0.05, 0.1) is 22.0 Å². The first-order chi connectivity index (χ1) is 13.1. The lowest BCUT2D eigenvalue weighted by atomic mass is 10.0. The SMILES string of the molecule is O=S(=O)(c1ccccc1)c1ccnc2[nH]c(C(O)CC3CCCCO3)cc12. The van der Waals surface area contributed by atoms with E-state index in [9.17, 15) is 13.5 Å². The van der Waals surface area contributed by atoms with E-state index in [0.717, 1.165) is 25.9 Å². The molecule has 1 saturated heterocycles. The van der Waals surface area contributed by atoms with Crippen molar-refractivity contribution in [2.24, 2.45) is 0 Å². The third kappa shape index (κ3) is 3.63. The van der Waals surface area contributed by atoms with Crippen LogP contribution in [0.5, 0.6) is 0 Å². The number of benzene rings is 1. The first-order valence-electron chi connectivity index (χ1n) is 9.13. The van der Waals surface area contributed by atoms with Crippen LogP contribution in [0.2, 0.25) is 0 Å². The van der Waals surface area contributed by atoms with E-state index in [-0.39, 0.29) is 15.9 Å². The number of aliphatic hydroxyl groups excluding tert-OH is 1. The number of pyridine rings is 1. The van der Waals surface area contributed by atoms with Crippen molar-refractivity contribution in [3.05, 3.63) is 54.4 Å². The van der Waals surface area contributed by atoms with Gasteiger partial charge in [0.25, 0.3) is 0 Å². The Bertz CT molecular complexity index is 1020. The zero-order chi connectivity index (χ0) is 18.9. The van der Waals surface area contributed by atoms with E-state index < -0.39 is 15.9 Å². The minimum Gasteiger partial charge on any atom is -0.387 e. The molecule has 7 heteroatoms. The molecule has 1 aliphatic heterocycles. The molecule has 0 saturated carbocycles. The van der Waals surface area contributed by atoms with Gasteiger partial charge >= 0.3 is 0 Å². The first kappa shape index (κ1) is 18.2. The van der Waals surface area contributed by atoms with Gasteiger partial charge in [-0.3, -0.25) is 0 Å². The fourth-order valence-corrected chi connectivity index (χ4v) is 4.99. The standard InChI is InChI=1S/C20H22N2O4S/c23-18(12-14-6-4-5-11-26-14)17-13-16-19(9-10-21-20(16)22-17)27(24,25)15-7-2-1-3-8-15/h1-3,7-10,13-14,18,23H,4-6,11-12H2,(H,21,22). The minimum atomic E-state index is -3.67. The van der Waals surface area contributed by atoms with Crippen LogP contribution in [-0.4, -0.2) is 36.2 Å². The highest BCUT2D eigenvalue weighted by molar-refractivity contribution is 7.91. The van der Waals surface area contributed by atoms with E-state index >= 15 is 0 Å². The summed E-state index contributed by atoms with van der Waals surface area (Å²) in [6.45, 7) is 0.727. The number of aromatic amines is 1. The van der Waals surface area contributed by atoms with Crippen LogP contribution in [0.1, 0.15) is 37.5 Å². The lowest BCUT2D eigenvalue weighted by Crippen LogP contribution is -2.21. The topological polar surface area (TPSA) is 92.3 Å². The minimum absolute atomic E-state index is 0.0284. The maximum atomic E-state index is 13.0. The molecule has 0 amide bonds. The largest absolute Gasteiger partial charge is 0.387 e. The van der Waals surface area contributed by atoms with Gasteiger partial charge in [-0.05, 0) is 43.5 Å². The summed E-state index contributed by atoms with van der Waals surface area (Å²) in [6.07, 6.45) is 4.32. The summed E-state index contributed by atoms with van der Waals surface area (Å²) in [5.74, 6) is 0. The molecule has 0 aliphatic carbocycles. The van der Waals surface area contributed by atoms with Crippen LogP contribution in [0.4, 0.5) is 0 Å². The molecular weight excluding hydrogens is 364 g/mol. The quantitative estimate of drug-likeness (QED) is 0.701. The fraction of sp³-hybridized carbons (Fsp3) is 0.350. The Labute approximate surface area is 158 Å². The second-order valence-corrected chi connectivity index (χ2v) is 8.77. The summed E-state index contributed by atoms with van der Waals surface area (Å²) >= 11 is 0. The van der Waals surface area contributed by atoms with Crippen LogP contribution >= 0.6 is 0 Å². The van der Waals surface area contributed by atoms with Crippen molar-refractivity contribution in [2.45, 2.75) is 47.7 Å². The number of ether oxygens (including phenoxy) is 1. The molecule has 27 heavy (non-hydrogen) atoms. The van der Waals surface area contributed by atoms with Gasteiger partial charge in [-0.25, -0.2) is 13.4 Å². The van der Waals surface area contributed by atoms with E-state index in [1.165, 1.54) is 12.3 Å². The fourth-order valence-electron chi connectivity index (χ4n) is 3.53. The zero-order valence-corrected chi connectivity index (χ0v) is 15.7. The monoisotopic (exact) mass is 386 g/mol. The van der Waals surface area contributed by atoms with Gasteiger partial charge in [0.15, 0.2) is 0 Å². The highest BCUT2D eigenvalue weighted by Gasteiger charge is 2.24. The number of aromatic nitrogens is 2. The smallest absolute Gasteiger partial charge is 0.207 e. The summed E-state index contributed by atoms with van der Waals surface area (Å²) in [4.78, 5) is 7.72. The van der Waals surface area contributed by atoms with Crippen LogP contribution in [0.3, 0.4) is 0 Å². The van der Waals surface area contributed by atoms with Crippen molar-refractivity contribution in [3.8, 4) is 0 Å². The van der Waals surface area contributed by atoms with Crippen molar-refractivity contribution in [2.75, 3.05) is 6.61 Å². The summed E-state index contributed by atoms with van der Waals surface area (Å²) in [6, 6.07) is 11.5. The molecule has 3 aromatic rings. The molecule has 2 aromatic heterocycles. The molecule has 142 valence electrons. The van der Waals surface area contributed by atoms with Crippen molar-refractivity contribution in [1.82, 2.24) is 9.97 Å². The average molecular weight is 386 g/mol. The number of fused-ring (bicyclic) bond motifs is 1. The van der Waals surface area contributed by atoms with Gasteiger partial charge in [-0.1, -0.05) is 18.2 Å². The van der Waals surface area contributed by atoms with Crippen LogP contribution in [0, 0.1) is 0 Å². The number of nitrogens with zero attached hydrogens (tertiary/aromatic N) is 1. The molecule has 0 spiro atoms. The summed E-state index contributed by atoms with van der Waals surface area (Å²) in [5.41, 5.74) is 1.01. The molecule has 2 unspecified atom stereocenters. The Balaban J connectivity index is 1.68. The molecule has 4 rings (SSSR count). The maximum Gasteiger partial charge on any atom is 0.207 e. The highest BCUT2D eigenvalue weighted by atomic mass is 32.2. The molecule has 3 heterocycles. The van der Waals surface area contributed by atoms with E-state index in [1.807, 2.05) is 0 Å². The second kappa shape index (κ2) is 7.42. The van der Waals surface area contributed by atoms with Gasteiger partial charge in [-0.15, -0.1) is 0 Å². The van der Waals surface area contributed by atoms with Crippen molar-refractivity contribution in [3.63, 3.8) is 0 Å². The summed E-state index contributed by atoms with van der Waals surface area (Å²) in [7, 11) is -3.67. The van der Waals surface area contributed by atoms with Gasteiger partial charge < -0.3 is 14.8 Å². The van der Waals surface area contributed by atoms with Crippen molar-refractivity contribution < 1.29 is 18.3 Å². The van der Waals surface area contributed by atoms with Gasteiger partial charge in [0.1, 0.15) is 5.65 Å². The Morgan fingerprint density at radius 2 is 2.04 bits per heavy atom. The number of sulfone groups is 1. The summed E-state index contributed by atoms with van der Waals surface area (Å²) in [5, 5.41) is 11.1. The molecule has 6 nitrogen and oxygen atoms in total. The van der Waals surface area contributed by atoms with Crippen LogP contribution in [-0.2, 0) is 14.6 Å². The molecule has 2 atom stereocenters. The Morgan fingerprint density at radius 1 is 1.22 bits per heavy atom. The third-order valence-electron chi connectivity index (χ3n) is 4.97.